The molecule has 0 radical (unpaired) electrons. The summed E-state index contributed by atoms with van der Waals surface area (Å²) in [5, 5.41) is 10.4. The Labute approximate surface area is 117 Å². The van der Waals surface area contributed by atoms with Crippen molar-refractivity contribution >= 4 is 15.9 Å². The maximum absolute atomic E-state index is 10.4. The predicted octanol–water partition coefficient (Wildman–Crippen LogP) is 3.38. The van der Waals surface area contributed by atoms with Crippen LogP contribution in [0.15, 0.2) is 4.47 Å². The molecule has 0 aromatic heterocycles. The molecule has 2 nitrogen and oxygen atoms in total. The molecule has 2 aliphatic carbocycles. The molecule has 0 aliphatic heterocycles. The number of benzene rings is 1. The van der Waals surface area contributed by atoms with Crippen molar-refractivity contribution in [3.63, 3.8) is 0 Å². The van der Waals surface area contributed by atoms with Crippen LogP contribution in [0, 0.1) is 6.92 Å². The normalized spacial score (nSPS) is 20.6. The fourth-order valence-electron chi connectivity index (χ4n) is 3.10. The van der Waals surface area contributed by atoms with E-state index in [0.717, 1.165) is 42.1 Å². The van der Waals surface area contributed by atoms with E-state index < -0.39 is 0 Å². The van der Waals surface area contributed by atoms with Crippen molar-refractivity contribution in [2.45, 2.75) is 57.4 Å². The van der Waals surface area contributed by atoms with Crippen molar-refractivity contribution in [3.8, 4) is 5.75 Å². The lowest BCUT2D eigenvalue weighted by Gasteiger charge is -2.24. The summed E-state index contributed by atoms with van der Waals surface area (Å²) in [5.74, 6) is 0.435. The summed E-state index contributed by atoms with van der Waals surface area (Å²) >= 11 is 3.59. The molecule has 0 heterocycles. The van der Waals surface area contributed by atoms with E-state index in [9.17, 15) is 5.11 Å². The first-order chi connectivity index (χ1) is 8.52. The van der Waals surface area contributed by atoms with Gasteiger partial charge < -0.3 is 10.8 Å². The van der Waals surface area contributed by atoms with E-state index >= 15 is 0 Å². The summed E-state index contributed by atoms with van der Waals surface area (Å²) < 4.78 is 0.919. The van der Waals surface area contributed by atoms with Crippen LogP contribution in [0.4, 0.5) is 0 Å². The standard InChI is InChI=1S/C15H20BrNO/c1-9-10-4-2-3-5-11(10)13(16)14(18)12(9)8-15(17)6-7-15/h18H,2-8,17H2,1H3. The third-order valence-electron chi connectivity index (χ3n) is 4.55. The van der Waals surface area contributed by atoms with Crippen LogP contribution in [0.3, 0.4) is 0 Å². The Morgan fingerprint density at radius 2 is 1.83 bits per heavy atom. The fourth-order valence-corrected chi connectivity index (χ4v) is 3.78. The van der Waals surface area contributed by atoms with Gasteiger partial charge in [0, 0.05) is 11.1 Å². The van der Waals surface area contributed by atoms with Gasteiger partial charge in [0.05, 0.1) is 4.47 Å². The molecule has 1 fully saturated rings. The zero-order valence-corrected chi connectivity index (χ0v) is 12.4. The van der Waals surface area contributed by atoms with Gasteiger partial charge in [-0.15, -0.1) is 0 Å². The van der Waals surface area contributed by atoms with Crippen LogP contribution >= 0.6 is 15.9 Å². The monoisotopic (exact) mass is 309 g/mol. The van der Waals surface area contributed by atoms with E-state index in [2.05, 4.69) is 22.9 Å². The fraction of sp³-hybridized carbons (Fsp3) is 0.600. The van der Waals surface area contributed by atoms with Gasteiger partial charge in [0.1, 0.15) is 5.75 Å². The smallest absolute Gasteiger partial charge is 0.133 e. The van der Waals surface area contributed by atoms with Crippen molar-refractivity contribution in [2.75, 3.05) is 0 Å². The number of aromatic hydroxyl groups is 1. The Bertz CT molecular complexity index is 506. The Balaban J connectivity index is 2.10. The van der Waals surface area contributed by atoms with Gasteiger partial charge in [0.15, 0.2) is 0 Å². The molecule has 2 aliphatic rings. The lowest BCUT2D eigenvalue weighted by Crippen LogP contribution is -2.25. The van der Waals surface area contributed by atoms with Crippen LogP contribution < -0.4 is 5.73 Å². The molecule has 1 saturated carbocycles. The van der Waals surface area contributed by atoms with Crippen LogP contribution in [-0.2, 0) is 19.3 Å². The van der Waals surface area contributed by atoms with Crippen LogP contribution in [0.2, 0.25) is 0 Å². The minimum absolute atomic E-state index is 0.0510. The third kappa shape index (κ3) is 1.97. The Kier molecular flexibility index (Phi) is 2.94. The van der Waals surface area contributed by atoms with Gasteiger partial charge in [-0.1, -0.05) is 0 Å². The summed E-state index contributed by atoms with van der Waals surface area (Å²) in [6, 6.07) is 0. The summed E-state index contributed by atoms with van der Waals surface area (Å²) in [6.45, 7) is 2.15. The average Bonchev–Trinajstić information content (AvgIpc) is 3.10. The molecule has 3 heteroatoms. The minimum Gasteiger partial charge on any atom is -0.506 e. The van der Waals surface area contributed by atoms with E-state index in [1.807, 2.05) is 0 Å². The highest BCUT2D eigenvalue weighted by Gasteiger charge is 2.39. The number of nitrogens with two attached hydrogens (primary N) is 1. The second-order valence-electron chi connectivity index (χ2n) is 5.97. The lowest BCUT2D eigenvalue weighted by molar-refractivity contribution is 0.456. The molecule has 18 heavy (non-hydrogen) atoms. The molecule has 3 rings (SSSR count). The number of hydrogen-bond acceptors (Lipinski definition) is 2. The van der Waals surface area contributed by atoms with E-state index in [0.29, 0.717) is 5.75 Å². The van der Waals surface area contributed by atoms with Crippen molar-refractivity contribution in [1.29, 1.82) is 0 Å². The highest BCUT2D eigenvalue weighted by molar-refractivity contribution is 9.10. The first-order valence-corrected chi connectivity index (χ1v) is 7.62. The van der Waals surface area contributed by atoms with Crippen molar-refractivity contribution < 1.29 is 5.11 Å². The quantitative estimate of drug-likeness (QED) is 0.880. The Hall–Kier alpha value is -0.540. The van der Waals surface area contributed by atoms with Crippen molar-refractivity contribution in [1.82, 2.24) is 0 Å². The first-order valence-electron chi connectivity index (χ1n) is 6.82. The zero-order valence-electron chi connectivity index (χ0n) is 10.9. The highest BCUT2D eigenvalue weighted by Crippen LogP contribution is 2.44. The van der Waals surface area contributed by atoms with Gasteiger partial charge >= 0.3 is 0 Å². The van der Waals surface area contributed by atoms with E-state index in [1.165, 1.54) is 29.5 Å². The molecular weight excluding hydrogens is 290 g/mol. The summed E-state index contributed by atoms with van der Waals surface area (Å²) in [5.41, 5.74) is 11.3. The van der Waals surface area contributed by atoms with Gasteiger partial charge in [-0.25, -0.2) is 0 Å². The van der Waals surface area contributed by atoms with Gasteiger partial charge in [0.25, 0.3) is 0 Å². The molecule has 0 saturated heterocycles. The molecule has 98 valence electrons. The summed E-state index contributed by atoms with van der Waals surface area (Å²) in [7, 11) is 0. The topological polar surface area (TPSA) is 46.2 Å². The Morgan fingerprint density at radius 3 is 2.44 bits per heavy atom. The van der Waals surface area contributed by atoms with Crippen LogP contribution in [0.1, 0.15) is 47.9 Å². The summed E-state index contributed by atoms with van der Waals surface area (Å²) in [4.78, 5) is 0. The van der Waals surface area contributed by atoms with Crippen LogP contribution in [0.25, 0.3) is 0 Å². The van der Waals surface area contributed by atoms with Crippen LogP contribution in [0.5, 0.6) is 5.75 Å². The van der Waals surface area contributed by atoms with E-state index in [-0.39, 0.29) is 5.54 Å². The average molecular weight is 310 g/mol. The van der Waals surface area contributed by atoms with E-state index in [1.54, 1.807) is 0 Å². The lowest BCUT2D eigenvalue weighted by atomic mass is 9.84. The molecule has 0 amide bonds. The molecule has 1 aromatic rings. The predicted molar refractivity (Wildman–Crippen MR) is 77.0 cm³/mol. The number of phenols is 1. The largest absolute Gasteiger partial charge is 0.506 e. The van der Waals surface area contributed by atoms with Gasteiger partial charge in [-0.05, 0) is 84.5 Å². The molecule has 0 bridgehead atoms. The zero-order chi connectivity index (χ0) is 12.9. The molecular formula is C15H20BrNO. The van der Waals surface area contributed by atoms with Gasteiger partial charge in [0.2, 0.25) is 0 Å². The third-order valence-corrected chi connectivity index (χ3v) is 5.41. The molecule has 1 aromatic carbocycles. The Morgan fingerprint density at radius 1 is 1.22 bits per heavy atom. The van der Waals surface area contributed by atoms with Gasteiger partial charge in [-0.3, -0.25) is 0 Å². The number of rotatable bonds is 2. The number of fused-ring (bicyclic) bond motifs is 1. The van der Waals surface area contributed by atoms with Crippen molar-refractivity contribution in [2.24, 2.45) is 5.73 Å². The maximum atomic E-state index is 10.4. The first kappa shape index (κ1) is 12.5. The maximum Gasteiger partial charge on any atom is 0.133 e. The van der Waals surface area contributed by atoms with E-state index in [4.69, 9.17) is 5.73 Å². The van der Waals surface area contributed by atoms with Crippen molar-refractivity contribution in [3.05, 3.63) is 26.7 Å². The number of phenolic OH excluding ortho intramolecular Hbond substituents is 1. The minimum atomic E-state index is -0.0510. The highest BCUT2D eigenvalue weighted by atomic mass is 79.9. The molecule has 0 spiro atoms. The molecule has 0 unspecified atom stereocenters. The molecule has 3 N–H and O–H groups in total. The number of hydrogen-bond donors (Lipinski definition) is 2. The second kappa shape index (κ2) is 4.24. The summed E-state index contributed by atoms with van der Waals surface area (Å²) in [6.07, 6.45) is 7.70. The SMILES string of the molecule is Cc1c(CC2(N)CC2)c(O)c(Br)c2c1CCCC2. The van der Waals surface area contributed by atoms with Gasteiger partial charge in [-0.2, -0.15) is 0 Å². The van der Waals surface area contributed by atoms with Crippen LogP contribution in [-0.4, -0.2) is 10.6 Å². The second-order valence-corrected chi connectivity index (χ2v) is 6.76. The number of halogens is 1. The molecule has 0 atom stereocenters.